The van der Waals surface area contributed by atoms with Gasteiger partial charge in [0.1, 0.15) is 6.04 Å². The van der Waals surface area contributed by atoms with Crippen LogP contribution in [-0.4, -0.2) is 25.7 Å². The molecular weight excluding hydrogens is 424 g/mol. The topological polar surface area (TPSA) is 84.7 Å². The van der Waals surface area contributed by atoms with E-state index in [0.29, 0.717) is 28.1 Å². The van der Waals surface area contributed by atoms with E-state index in [1.165, 1.54) is 0 Å². The predicted octanol–water partition coefficient (Wildman–Crippen LogP) is 4.92. The SMILES string of the molecule is CC1=C(C(=O)Nc2ccccc2)C(c2ccncc2)n2nc(-c3ccc(Cl)cc3)nc2N1. The van der Waals surface area contributed by atoms with Gasteiger partial charge < -0.3 is 10.6 Å². The summed E-state index contributed by atoms with van der Waals surface area (Å²) in [5.41, 5.74) is 3.70. The van der Waals surface area contributed by atoms with Gasteiger partial charge in [0.25, 0.3) is 5.91 Å². The van der Waals surface area contributed by atoms with E-state index in [1.807, 2.05) is 61.5 Å². The lowest BCUT2D eigenvalue weighted by Crippen LogP contribution is -2.31. The monoisotopic (exact) mass is 442 g/mol. The summed E-state index contributed by atoms with van der Waals surface area (Å²) in [6.07, 6.45) is 3.41. The molecule has 1 aliphatic rings. The quantitative estimate of drug-likeness (QED) is 0.468. The number of allylic oxidation sites excluding steroid dienone is 1. The van der Waals surface area contributed by atoms with E-state index in [0.717, 1.165) is 16.8 Å². The highest BCUT2D eigenvalue weighted by atomic mass is 35.5. The lowest BCUT2D eigenvalue weighted by atomic mass is 9.96. The number of aromatic nitrogens is 4. The van der Waals surface area contributed by atoms with Crippen molar-refractivity contribution in [3.63, 3.8) is 0 Å². The number of fused-ring (bicyclic) bond motifs is 1. The number of carbonyl (C=O) groups is 1. The van der Waals surface area contributed by atoms with Gasteiger partial charge in [-0.15, -0.1) is 5.10 Å². The molecule has 0 aliphatic carbocycles. The third-order valence-corrected chi connectivity index (χ3v) is 5.51. The molecule has 0 bridgehead atoms. The normalized spacial score (nSPS) is 15.1. The first kappa shape index (κ1) is 20.0. The van der Waals surface area contributed by atoms with Crippen molar-refractivity contribution in [1.29, 1.82) is 0 Å². The fraction of sp³-hybridized carbons (Fsp3) is 0.0833. The molecule has 2 aromatic carbocycles. The van der Waals surface area contributed by atoms with Gasteiger partial charge in [-0.25, -0.2) is 4.68 Å². The standard InChI is InChI=1S/C24H19ClN6O/c1-15-20(23(32)28-19-5-3-2-4-6-19)21(16-11-13-26-14-12-16)31-24(27-15)29-22(30-31)17-7-9-18(25)10-8-17/h2-14,21H,1H3,(H,28,32)(H,27,29,30). The van der Waals surface area contributed by atoms with Gasteiger partial charge in [-0.1, -0.05) is 29.8 Å². The maximum absolute atomic E-state index is 13.4. The van der Waals surface area contributed by atoms with Gasteiger partial charge >= 0.3 is 0 Å². The molecule has 1 unspecified atom stereocenters. The number of hydrogen-bond donors (Lipinski definition) is 2. The molecule has 158 valence electrons. The van der Waals surface area contributed by atoms with Crippen molar-refractivity contribution < 1.29 is 4.79 Å². The van der Waals surface area contributed by atoms with Crippen molar-refractivity contribution in [3.8, 4) is 11.4 Å². The summed E-state index contributed by atoms with van der Waals surface area (Å²) in [4.78, 5) is 22.2. The Kier molecular flexibility index (Phi) is 5.17. The molecule has 8 heteroatoms. The van der Waals surface area contributed by atoms with Crippen LogP contribution in [0.4, 0.5) is 11.6 Å². The van der Waals surface area contributed by atoms with Crippen LogP contribution < -0.4 is 10.6 Å². The molecule has 32 heavy (non-hydrogen) atoms. The summed E-state index contributed by atoms with van der Waals surface area (Å²) >= 11 is 6.03. The molecule has 7 nitrogen and oxygen atoms in total. The lowest BCUT2D eigenvalue weighted by molar-refractivity contribution is -0.113. The molecule has 0 saturated heterocycles. The Morgan fingerprint density at radius 1 is 1.03 bits per heavy atom. The fourth-order valence-corrected chi connectivity index (χ4v) is 3.87. The Hall–Kier alpha value is -3.97. The minimum absolute atomic E-state index is 0.211. The molecular formula is C24H19ClN6O. The van der Waals surface area contributed by atoms with Gasteiger partial charge in [-0.05, 0) is 61.0 Å². The number of nitrogens with one attached hydrogen (secondary N) is 2. The minimum Gasteiger partial charge on any atom is -0.328 e. The molecule has 1 amide bonds. The largest absolute Gasteiger partial charge is 0.328 e. The molecule has 0 saturated carbocycles. The molecule has 3 heterocycles. The fourth-order valence-electron chi connectivity index (χ4n) is 3.74. The van der Waals surface area contributed by atoms with Crippen LogP contribution in [0, 0.1) is 0 Å². The van der Waals surface area contributed by atoms with Gasteiger partial charge in [-0.3, -0.25) is 9.78 Å². The Morgan fingerprint density at radius 2 is 1.75 bits per heavy atom. The maximum atomic E-state index is 13.4. The molecule has 2 aromatic heterocycles. The van der Waals surface area contributed by atoms with Crippen molar-refractivity contribution in [1.82, 2.24) is 19.7 Å². The smallest absolute Gasteiger partial charge is 0.255 e. The van der Waals surface area contributed by atoms with Crippen LogP contribution in [-0.2, 0) is 4.79 Å². The van der Waals surface area contributed by atoms with E-state index in [-0.39, 0.29) is 5.91 Å². The second-order valence-corrected chi connectivity index (χ2v) is 7.81. The van der Waals surface area contributed by atoms with Crippen molar-refractivity contribution >= 4 is 29.1 Å². The number of benzene rings is 2. The average molecular weight is 443 g/mol. The highest BCUT2D eigenvalue weighted by Gasteiger charge is 2.34. The number of carbonyl (C=O) groups excluding carboxylic acids is 1. The lowest BCUT2D eigenvalue weighted by Gasteiger charge is -2.28. The Bertz CT molecular complexity index is 1300. The van der Waals surface area contributed by atoms with E-state index >= 15 is 0 Å². The predicted molar refractivity (Wildman–Crippen MR) is 124 cm³/mol. The second kappa shape index (κ2) is 8.28. The summed E-state index contributed by atoms with van der Waals surface area (Å²) in [5.74, 6) is 0.892. The average Bonchev–Trinajstić information content (AvgIpc) is 3.23. The summed E-state index contributed by atoms with van der Waals surface area (Å²) in [7, 11) is 0. The Balaban J connectivity index is 1.59. The van der Waals surface area contributed by atoms with Crippen LogP contribution in [0.3, 0.4) is 0 Å². The number of nitrogens with zero attached hydrogens (tertiary/aromatic N) is 4. The molecule has 0 spiro atoms. The van der Waals surface area contributed by atoms with Gasteiger partial charge in [-0.2, -0.15) is 4.98 Å². The van der Waals surface area contributed by atoms with Crippen molar-refractivity contribution in [2.24, 2.45) is 0 Å². The van der Waals surface area contributed by atoms with Crippen molar-refractivity contribution in [2.75, 3.05) is 10.6 Å². The highest BCUT2D eigenvalue weighted by Crippen LogP contribution is 2.36. The zero-order valence-electron chi connectivity index (χ0n) is 17.2. The van der Waals surface area contributed by atoms with E-state index in [1.54, 1.807) is 29.2 Å². The van der Waals surface area contributed by atoms with Gasteiger partial charge in [0.2, 0.25) is 5.95 Å². The first-order valence-corrected chi connectivity index (χ1v) is 10.4. The molecule has 1 atom stereocenters. The highest BCUT2D eigenvalue weighted by molar-refractivity contribution is 6.30. The zero-order valence-corrected chi connectivity index (χ0v) is 17.9. The van der Waals surface area contributed by atoms with Gasteiger partial charge in [0, 0.05) is 34.4 Å². The van der Waals surface area contributed by atoms with Gasteiger partial charge in [0.15, 0.2) is 5.82 Å². The summed E-state index contributed by atoms with van der Waals surface area (Å²) in [5, 5.41) is 11.6. The number of pyridine rings is 1. The summed E-state index contributed by atoms with van der Waals surface area (Å²) < 4.78 is 1.74. The number of hydrogen-bond acceptors (Lipinski definition) is 5. The third kappa shape index (κ3) is 3.74. The summed E-state index contributed by atoms with van der Waals surface area (Å²) in [6, 6.07) is 20.0. The maximum Gasteiger partial charge on any atom is 0.255 e. The zero-order chi connectivity index (χ0) is 22.1. The van der Waals surface area contributed by atoms with Crippen LogP contribution in [0.2, 0.25) is 5.02 Å². The number of halogens is 1. The van der Waals surface area contributed by atoms with Crippen LogP contribution in [0.1, 0.15) is 18.5 Å². The number of amides is 1. The number of rotatable bonds is 4. The minimum atomic E-state index is -0.466. The van der Waals surface area contributed by atoms with E-state index in [2.05, 4.69) is 20.6 Å². The van der Waals surface area contributed by atoms with Crippen LogP contribution in [0.5, 0.6) is 0 Å². The molecule has 4 aromatic rings. The summed E-state index contributed by atoms with van der Waals surface area (Å²) in [6.45, 7) is 1.87. The molecule has 0 fully saturated rings. The molecule has 1 aliphatic heterocycles. The molecule has 2 N–H and O–H groups in total. The van der Waals surface area contributed by atoms with E-state index < -0.39 is 6.04 Å². The van der Waals surface area contributed by atoms with Crippen LogP contribution in [0.15, 0.2) is 90.4 Å². The first-order chi connectivity index (χ1) is 15.6. The van der Waals surface area contributed by atoms with E-state index in [9.17, 15) is 4.79 Å². The number of para-hydroxylation sites is 1. The Labute approximate surface area is 189 Å². The molecule has 0 radical (unpaired) electrons. The van der Waals surface area contributed by atoms with Crippen LogP contribution >= 0.6 is 11.6 Å². The second-order valence-electron chi connectivity index (χ2n) is 7.38. The van der Waals surface area contributed by atoms with Gasteiger partial charge in [0.05, 0.1) is 5.57 Å². The third-order valence-electron chi connectivity index (χ3n) is 5.25. The molecule has 5 rings (SSSR count). The number of anilines is 2. The van der Waals surface area contributed by atoms with E-state index in [4.69, 9.17) is 16.7 Å². The van der Waals surface area contributed by atoms with Crippen molar-refractivity contribution in [3.05, 3.63) is 101 Å². The first-order valence-electron chi connectivity index (χ1n) is 10.1. The Morgan fingerprint density at radius 3 is 2.47 bits per heavy atom. The van der Waals surface area contributed by atoms with Crippen LogP contribution in [0.25, 0.3) is 11.4 Å². The van der Waals surface area contributed by atoms with Crippen molar-refractivity contribution in [2.45, 2.75) is 13.0 Å².